The number of carbonyl (C=O) groups is 3. The zero-order valence-corrected chi connectivity index (χ0v) is 44.8. The number of aromatic hydroxyl groups is 2. The predicted octanol–water partition coefficient (Wildman–Crippen LogP) is 8.13. The van der Waals surface area contributed by atoms with E-state index in [4.69, 9.17) is 20.8 Å². The lowest BCUT2D eigenvalue weighted by Crippen LogP contribution is -2.51. The van der Waals surface area contributed by atoms with Gasteiger partial charge in [0, 0.05) is 75.2 Å². The minimum absolute atomic E-state index is 0.0213. The number of methoxy groups -OCH3 is 1. The van der Waals surface area contributed by atoms with Gasteiger partial charge in [-0.1, -0.05) is 38.6 Å². The Morgan fingerprint density at radius 3 is 2.30 bits per heavy atom. The Balaban J connectivity index is 0.707. The van der Waals surface area contributed by atoms with E-state index in [0.717, 1.165) is 42.7 Å². The number of benzene rings is 4. The van der Waals surface area contributed by atoms with Gasteiger partial charge >= 0.3 is 6.09 Å². The van der Waals surface area contributed by atoms with Gasteiger partial charge in [0.1, 0.15) is 28.7 Å². The highest BCUT2D eigenvalue weighted by Gasteiger charge is 2.31. The van der Waals surface area contributed by atoms with Crippen molar-refractivity contribution in [1.29, 1.82) is 0 Å². The number of likely N-dealkylation sites (tertiary alicyclic amines) is 1. The van der Waals surface area contributed by atoms with Crippen LogP contribution in [0.25, 0.3) is 33.2 Å². The van der Waals surface area contributed by atoms with Crippen molar-refractivity contribution in [1.82, 2.24) is 55.4 Å². The summed E-state index contributed by atoms with van der Waals surface area (Å²) in [5.74, 6) is 2.58. The molecule has 0 unspecified atom stereocenters. The van der Waals surface area contributed by atoms with Crippen LogP contribution >= 0.6 is 0 Å². The Morgan fingerprint density at radius 2 is 1.61 bits per heavy atom. The quantitative estimate of drug-likeness (QED) is 0.0330. The van der Waals surface area contributed by atoms with Gasteiger partial charge in [0.05, 0.1) is 36.7 Å². The molecule has 0 spiro atoms. The Labute approximate surface area is 457 Å². The molecule has 2 aliphatic rings. The van der Waals surface area contributed by atoms with Gasteiger partial charge in [0.2, 0.25) is 11.7 Å². The van der Waals surface area contributed by atoms with E-state index < -0.39 is 12.0 Å². The van der Waals surface area contributed by atoms with Crippen LogP contribution in [0.2, 0.25) is 0 Å². The van der Waals surface area contributed by atoms with E-state index in [0.29, 0.717) is 116 Å². The number of hydrogen-bond acceptors (Lipinski definition) is 16. The minimum atomic E-state index is -0.570. The van der Waals surface area contributed by atoms with E-state index >= 15 is 0 Å². The van der Waals surface area contributed by atoms with Gasteiger partial charge in [-0.3, -0.25) is 24.2 Å². The molecular formula is C57H64N14O8. The summed E-state index contributed by atoms with van der Waals surface area (Å²) in [7, 11) is 1.57. The number of hydrogen-bond donors (Lipinski definition) is 6. The first-order valence-electron chi connectivity index (χ1n) is 26.3. The molecule has 2 fully saturated rings. The third kappa shape index (κ3) is 12.8. The number of aryl methyl sites for hydroxylation is 1. The molecule has 6 N–H and O–H groups in total. The molecule has 0 saturated carbocycles. The van der Waals surface area contributed by atoms with Crippen molar-refractivity contribution in [3.8, 4) is 57.1 Å². The first-order valence-corrected chi connectivity index (χ1v) is 26.3. The third-order valence-electron chi connectivity index (χ3n) is 14.0. The maximum atomic E-state index is 13.8. The lowest BCUT2D eigenvalue weighted by Gasteiger charge is -2.39. The number of nitrogens with zero attached hydrogens (tertiary/aromatic N) is 10. The Morgan fingerprint density at radius 1 is 0.848 bits per heavy atom. The number of rotatable bonds is 19. The summed E-state index contributed by atoms with van der Waals surface area (Å²) in [6.45, 7) is 20.6. The number of aromatic amines is 1. The van der Waals surface area contributed by atoms with Crippen molar-refractivity contribution in [3.63, 3.8) is 0 Å². The largest absolute Gasteiger partial charge is 0.508 e. The van der Waals surface area contributed by atoms with Crippen LogP contribution in [0.4, 0.5) is 27.9 Å². The zero-order chi connectivity index (χ0) is 55.6. The van der Waals surface area contributed by atoms with E-state index in [1.807, 2.05) is 87.2 Å². The van der Waals surface area contributed by atoms with Crippen LogP contribution in [-0.4, -0.2) is 139 Å². The molecule has 5 heterocycles. The number of piperidine rings is 1. The number of phenols is 2. The Kier molecular flexibility index (Phi) is 17.2. The summed E-state index contributed by atoms with van der Waals surface area (Å²) >= 11 is 0. The Bertz CT molecular complexity index is 3320. The van der Waals surface area contributed by atoms with Crippen molar-refractivity contribution >= 4 is 41.0 Å². The molecule has 79 heavy (non-hydrogen) atoms. The number of aromatic nitrogens is 7. The zero-order valence-electron chi connectivity index (χ0n) is 44.8. The van der Waals surface area contributed by atoms with E-state index in [-0.39, 0.29) is 46.7 Å². The van der Waals surface area contributed by atoms with Crippen molar-refractivity contribution in [2.24, 2.45) is 5.92 Å². The molecule has 0 atom stereocenters. The first kappa shape index (κ1) is 54.6. The molecule has 410 valence electrons. The van der Waals surface area contributed by atoms with Gasteiger partial charge in [-0.2, -0.15) is 5.10 Å². The minimum Gasteiger partial charge on any atom is -0.508 e. The maximum absolute atomic E-state index is 13.8. The standard InChI is InChI=1S/C57H64N14O8/c1-7-59-55(74)54-67-66-53(42-29-41(35(2)3)44(72)31-45(42)73)71(54)39-14-12-37(13-15-39)34-68-21-18-38(19-22-68)56(75)70-25-23-69(24-26-70)40-16-17-46(36(4)28-40)79-57(76)60-20-9-27-78-48-11-8-10-47(77-6)52(48)43-30-49(65-64-43)63-51-33-61-50(58-5)32-62-51/h8,10-17,28-33,35,38,72-73H,7,9,18-27,34H2,1-4,6H3,(H,59,74)(H,60,76)(H2,62,63,64,65). The van der Waals surface area contributed by atoms with E-state index in [2.05, 4.69) is 61.0 Å². The average Bonchev–Trinajstić information content (AvgIpc) is 4.22. The number of amides is 3. The van der Waals surface area contributed by atoms with Gasteiger partial charge in [-0.25, -0.2) is 9.78 Å². The number of phenolic OH excluding ortho intramolecular Hbond substituents is 2. The summed E-state index contributed by atoms with van der Waals surface area (Å²) in [6, 6.07) is 23.8. The Hall–Kier alpha value is -9.23. The lowest BCUT2D eigenvalue weighted by molar-refractivity contribution is -0.137. The second kappa shape index (κ2) is 24.8. The van der Waals surface area contributed by atoms with E-state index in [9.17, 15) is 24.6 Å². The topological polar surface area (TPSA) is 255 Å². The van der Waals surface area contributed by atoms with Crippen molar-refractivity contribution in [2.45, 2.75) is 59.4 Å². The van der Waals surface area contributed by atoms with Crippen LogP contribution in [0.1, 0.15) is 73.3 Å². The van der Waals surface area contributed by atoms with E-state index in [1.165, 1.54) is 18.5 Å². The summed E-state index contributed by atoms with van der Waals surface area (Å²) < 4.78 is 19.1. The molecule has 2 aliphatic heterocycles. The normalized spacial score (nSPS) is 13.9. The number of nitrogens with one attached hydrogen (secondary N) is 4. The third-order valence-corrected chi connectivity index (χ3v) is 14.0. The molecule has 3 amide bonds. The maximum Gasteiger partial charge on any atom is 0.412 e. The second-order valence-corrected chi connectivity index (χ2v) is 19.6. The number of H-pyrrole nitrogens is 1. The lowest BCUT2D eigenvalue weighted by atomic mass is 9.94. The van der Waals surface area contributed by atoms with Crippen molar-refractivity contribution in [2.75, 3.05) is 76.3 Å². The van der Waals surface area contributed by atoms with Gasteiger partial charge in [-0.15, -0.1) is 15.2 Å². The monoisotopic (exact) mass is 1070 g/mol. The molecule has 9 rings (SSSR count). The van der Waals surface area contributed by atoms with E-state index in [1.54, 1.807) is 29.9 Å². The van der Waals surface area contributed by atoms with Crippen LogP contribution in [0, 0.1) is 19.4 Å². The molecule has 0 bridgehead atoms. The van der Waals surface area contributed by atoms with Crippen LogP contribution < -0.4 is 35.1 Å². The van der Waals surface area contributed by atoms with Gasteiger partial charge in [0.15, 0.2) is 23.7 Å². The van der Waals surface area contributed by atoms with Gasteiger partial charge in [0.25, 0.3) is 11.7 Å². The summed E-state index contributed by atoms with van der Waals surface area (Å²) in [4.78, 5) is 57.9. The molecule has 4 aromatic carbocycles. The predicted molar refractivity (Wildman–Crippen MR) is 296 cm³/mol. The fraction of sp³-hybridized carbons (Fsp3) is 0.351. The molecule has 0 radical (unpaired) electrons. The van der Waals surface area contributed by atoms with Crippen LogP contribution in [0.15, 0.2) is 91.3 Å². The molecule has 22 heteroatoms. The molecule has 7 aromatic rings. The molecule has 22 nitrogen and oxygen atoms in total. The van der Waals surface area contributed by atoms with Crippen molar-refractivity contribution in [3.05, 3.63) is 125 Å². The molecular weight excluding hydrogens is 1010 g/mol. The number of piperazine rings is 1. The first-order chi connectivity index (χ1) is 38.3. The van der Waals surface area contributed by atoms with Crippen LogP contribution in [-0.2, 0) is 11.3 Å². The molecule has 2 saturated heterocycles. The smallest absolute Gasteiger partial charge is 0.412 e. The molecule has 0 aliphatic carbocycles. The highest BCUT2D eigenvalue weighted by atomic mass is 16.6. The van der Waals surface area contributed by atoms with Crippen LogP contribution in [0.5, 0.6) is 28.7 Å². The SMILES string of the molecule is [C-]#[N+]c1cnc(Nc2cc(-c3c(OC)cccc3OCCCNC(=O)Oc3ccc(N4CCN(C(=O)C5CCN(Cc6ccc(-n7c(C(=O)NCC)nnc7-c7cc(C(C)C)c(O)cc7O)cc6)CC5)CC4)cc3C)[nH]n2)cn1. The average molecular weight is 1070 g/mol. The van der Waals surface area contributed by atoms with Crippen molar-refractivity contribution < 1.29 is 38.8 Å². The fourth-order valence-electron chi connectivity index (χ4n) is 9.80. The second-order valence-electron chi connectivity index (χ2n) is 19.6. The summed E-state index contributed by atoms with van der Waals surface area (Å²) in [6.07, 6.45) is 4.30. The highest BCUT2D eigenvalue weighted by Crippen LogP contribution is 2.40. The van der Waals surface area contributed by atoms with Gasteiger partial charge < -0.3 is 55.0 Å². The summed E-state index contributed by atoms with van der Waals surface area (Å²) in [5, 5.41) is 46.0. The number of ether oxygens (including phenoxy) is 3. The summed E-state index contributed by atoms with van der Waals surface area (Å²) in [5.41, 5.74) is 5.81. The number of carbonyl (C=O) groups excluding carboxylic acids is 3. The van der Waals surface area contributed by atoms with Crippen LogP contribution in [0.3, 0.4) is 0 Å². The highest BCUT2D eigenvalue weighted by molar-refractivity contribution is 5.92. The fourth-order valence-corrected chi connectivity index (χ4v) is 9.80. The van der Waals surface area contributed by atoms with Gasteiger partial charge in [-0.05, 0) is 117 Å². The molecule has 3 aromatic heterocycles. The number of anilines is 3.